The van der Waals surface area contributed by atoms with E-state index in [4.69, 9.17) is 10.1 Å². The molecule has 0 aromatic rings. The van der Waals surface area contributed by atoms with Crippen molar-refractivity contribution in [3.05, 3.63) is 10.1 Å². The first-order chi connectivity index (χ1) is 1.73. The second kappa shape index (κ2) is 1.44. The summed E-state index contributed by atoms with van der Waals surface area (Å²) in [6.45, 7) is 0. The molecule has 0 aromatic carbocycles. The molecule has 0 aromatic heterocycles. The fourth-order valence-electron chi connectivity index (χ4n) is 0. The third-order valence-electron chi connectivity index (χ3n) is 0. The summed E-state index contributed by atoms with van der Waals surface area (Å²) < 4.78 is -0.500. The molecule has 0 saturated carbocycles. The minimum absolute atomic E-state index is 0.500. The third kappa shape index (κ3) is 201. The molecule has 0 radical (unpaired) electrons. The maximum absolute atomic E-state index is 8.81. The van der Waals surface area contributed by atoms with E-state index in [0.717, 1.165) is 20.7 Å². The molecule has 4 heavy (non-hydrogen) atoms. The Labute approximate surface area is 34.9 Å². The number of hydrogen-bond donors (Lipinski definition) is 0. The van der Waals surface area contributed by atoms with Crippen molar-refractivity contribution in [1.82, 2.24) is 0 Å². The minimum atomic E-state index is -0.500. The van der Waals surface area contributed by atoms with E-state index in [1.54, 1.807) is 0 Å². The number of nitro groups is 1. The number of hydrogen-bond acceptors (Lipinski definition) is 2. The van der Waals surface area contributed by atoms with Gasteiger partial charge in [0.1, 0.15) is 0 Å². The van der Waals surface area contributed by atoms with E-state index in [2.05, 4.69) is 0 Å². The summed E-state index contributed by atoms with van der Waals surface area (Å²) in [4.78, 5) is 8.81. The molecule has 0 bridgehead atoms. The van der Waals surface area contributed by atoms with E-state index in [1.807, 2.05) is 0 Å². The Morgan fingerprint density at radius 2 is 2.00 bits per heavy atom. The molecule has 0 spiro atoms. The zero-order valence-corrected chi connectivity index (χ0v) is 3.33. The van der Waals surface area contributed by atoms with Gasteiger partial charge in [-0.05, 0) is 0 Å². The van der Waals surface area contributed by atoms with Gasteiger partial charge in [-0.15, -0.1) is 0 Å². The van der Waals surface area contributed by atoms with Crippen molar-refractivity contribution < 1.29 is 24.1 Å². The van der Waals surface area contributed by atoms with E-state index < -0.39 is 3.41 Å². The van der Waals surface area contributed by atoms with Gasteiger partial charge in [-0.1, -0.05) is 0 Å². The molecule has 3 nitrogen and oxygen atoms in total. The van der Waals surface area contributed by atoms with Gasteiger partial charge in [-0.3, -0.25) is 0 Å². The van der Waals surface area contributed by atoms with Crippen LogP contribution in [-0.4, -0.2) is 3.41 Å². The zero-order chi connectivity index (χ0) is 3.58. The van der Waals surface area contributed by atoms with Crippen molar-refractivity contribution in [2.45, 2.75) is 0 Å². The molecular weight excluding hydrogens is 93.9 g/mol. The fourth-order valence-corrected chi connectivity index (χ4v) is 0. The normalized spacial score (nSPS) is 5.75. The quantitative estimate of drug-likeness (QED) is 0.235. The summed E-state index contributed by atoms with van der Waals surface area (Å²) in [6, 6.07) is 0. The van der Waals surface area contributed by atoms with Gasteiger partial charge in [0.15, 0.2) is 0 Å². The molecule has 0 rings (SSSR count). The summed E-state index contributed by atoms with van der Waals surface area (Å²) in [5.41, 5.74) is 0. The van der Waals surface area contributed by atoms with Crippen LogP contribution in [0.25, 0.3) is 0 Å². The van der Waals surface area contributed by atoms with Crippen LogP contribution in [-0.2, 0) is 20.7 Å². The second-order valence-corrected chi connectivity index (χ2v) is 0.827. The van der Waals surface area contributed by atoms with Crippen LogP contribution in [0.15, 0.2) is 0 Å². The van der Waals surface area contributed by atoms with E-state index in [1.165, 1.54) is 0 Å². The van der Waals surface area contributed by atoms with Gasteiger partial charge in [0, 0.05) is 0 Å². The van der Waals surface area contributed by atoms with Crippen LogP contribution in [0.3, 0.4) is 0 Å². The van der Waals surface area contributed by atoms with E-state index in [-0.39, 0.29) is 0 Å². The van der Waals surface area contributed by atoms with E-state index >= 15 is 0 Å². The van der Waals surface area contributed by atoms with Crippen LogP contribution < -0.4 is 0 Å². The van der Waals surface area contributed by atoms with Crippen LogP contribution in [0.1, 0.15) is 0 Å². The Hall–Kier alpha value is 0.114. The average molecular weight is 93.9 g/mol. The van der Waals surface area contributed by atoms with E-state index in [9.17, 15) is 0 Å². The molecule has 0 aliphatic rings. The number of nitrogens with zero attached hydrogens (tertiary/aromatic N) is 1. The molecule has 0 fully saturated rings. The van der Waals surface area contributed by atoms with Gasteiger partial charge in [-0.25, -0.2) is 0 Å². The van der Waals surface area contributed by atoms with Crippen molar-refractivity contribution in [3.63, 3.8) is 0 Å². The van der Waals surface area contributed by atoms with Crippen LogP contribution in [0.4, 0.5) is 0 Å². The van der Waals surface area contributed by atoms with Gasteiger partial charge in [-0.2, -0.15) is 0 Å². The van der Waals surface area contributed by atoms with Gasteiger partial charge in [0.2, 0.25) is 0 Å². The molecule has 0 aliphatic carbocycles. The molecule has 0 atom stereocenters. The summed E-state index contributed by atoms with van der Waals surface area (Å²) in [5, 5.41) is 8.81. The molecule has 0 unspecified atom stereocenters. The van der Waals surface area contributed by atoms with Crippen molar-refractivity contribution in [2.24, 2.45) is 0 Å². The third-order valence-corrected chi connectivity index (χ3v) is 0. The topological polar surface area (TPSA) is 43.1 Å². The molecule has 0 N–H and O–H groups in total. The molecule has 4 heteroatoms. The summed E-state index contributed by atoms with van der Waals surface area (Å²) in [7, 11) is 0. The second-order valence-electron chi connectivity index (χ2n) is 0.257. The first-order valence-electron chi connectivity index (χ1n) is 0.589. The fraction of sp³-hybridized carbons (Fsp3) is 0. The molecule has 0 aliphatic heterocycles. The van der Waals surface area contributed by atoms with Crippen molar-refractivity contribution >= 4 is 0 Å². The molecule has 21 valence electrons. The standard InChI is InChI=1S/NO2.Ti/c2-1-3;. The van der Waals surface area contributed by atoms with Crippen LogP contribution in [0, 0.1) is 10.1 Å². The predicted octanol–water partition coefficient (Wildman–Crippen LogP) is -0.275. The Morgan fingerprint density at radius 3 is 2.00 bits per heavy atom. The van der Waals surface area contributed by atoms with E-state index in [0.29, 0.717) is 0 Å². The van der Waals surface area contributed by atoms with Crippen LogP contribution in [0.2, 0.25) is 0 Å². The molecular formula is NO2Ti. The van der Waals surface area contributed by atoms with Gasteiger partial charge in [0.05, 0.1) is 0 Å². The monoisotopic (exact) mass is 93.9 g/mol. The Kier molecular flexibility index (Phi) is 1.48. The summed E-state index contributed by atoms with van der Waals surface area (Å²) >= 11 is 0.889. The van der Waals surface area contributed by atoms with Crippen molar-refractivity contribution in [2.75, 3.05) is 0 Å². The maximum atomic E-state index is 8.81. The Balaban J connectivity index is 2.80. The van der Waals surface area contributed by atoms with Gasteiger partial charge < -0.3 is 0 Å². The Bertz CT molecular complexity index is 29.0. The van der Waals surface area contributed by atoms with Gasteiger partial charge in [0.25, 0.3) is 0 Å². The molecule has 0 saturated heterocycles. The van der Waals surface area contributed by atoms with Gasteiger partial charge >= 0.3 is 34.2 Å². The average Bonchev–Trinajstić information content (AvgIpc) is 0.811. The van der Waals surface area contributed by atoms with Crippen molar-refractivity contribution in [1.29, 1.82) is 0 Å². The molecule has 0 amide bonds. The first-order valence-corrected chi connectivity index (χ1v) is 1.29. The molecule has 0 heterocycles. The first kappa shape index (κ1) is 4.11. The summed E-state index contributed by atoms with van der Waals surface area (Å²) in [5.74, 6) is 0. The van der Waals surface area contributed by atoms with Crippen LogP contribution in [0.5, 0.6) is 0 Å². The van der Waals surface area contributed by atoms with Crippen molar-refractivity contribution in [3.8, 4) is 0 Å². The Morgan fingerprint density at radius 1 is 2.00 bits per heavy atom. The number of rotatable bonds is 0. The SMILES string of the molecule is O=[N+]([O-])[Ti]. The van der Waals surface area contributed by atoms with Crippen LogP contribution >= 0.6 is 0 Å². The summed E-state index contributed by atoms with van der Waals surface area (Å²) in [6.07, 6.45) is 0. The predicted molar refractivity (Wildman–Crippen MR) is 6.99 cm³/mol. The zero-order valence-electron chi connectivity index (χ0n) is 1.76.